The molecular weight excluding hydrogens is 497 g/mol. The van der Waals surface area contributed by atoms with Gasteiger partial charge >= 0.3 is 189 Å². The van der Waals surface area contributed by atoms with Gasteiger partial charge in [-0.15, -0.1) is 0 Å². The van der Waals surface area contributed by atoms with E-state index in [0.29, 0.717) is 13.0 Å². The Hall–Kier alpha value is -1.86. The summed E-state index contributed by atoms with van der Waals surface area (Å²) in [6.45, 7) is 4.21. The quantitative estimate of drug-likeness (QED) is 0.478. The molecule has 1 aliphatic carbocycles. The predicted octanol–water partition coefficient (Wildman–Crippen LogP) is 5.31. The predicted molar refractivity (Wildman–Crippen MR) is 122 cm³/mol. The molecule has 0 N–H and O–H groups in total. The molecule has 2 aliphatic rings. The molecule has 5 nitrogen and oxygen atoms in total. The van der Waals surface area contributed by atoms with E-state index in [9.17, 15) is 9.59 Å². The van der Waals surface area contributed by atoms with Gasteiger partial charge in [0.1, 0.15) is 0 Å². The average Bonchev–Trinajstić information content (AvgIpc) is 3.09. The second-order valence-corrected chi connectivity index (χ2v) is 24.8. The number of hydrogen-bond donors (Lipinski definition) is 0. The molecule has 1 saturated carbocycles. The molecule has 0 spiro atoms. The normalized spacial score (nSPS) is 30.8. The molecule has 6 heteroatoms. The molecule has 2 aromatic carbocycles. The van der Waals surface area contributed by atoms with Crippen LogP contribution in [0.1, 0.15) is 43.5 Å². The summed E-state index contributed by atoms with van der Waals surface area (Å²) in [6.07, 6.45) is -0.459. The van der Waals surface area contributed by atoms with Gasteiger partial charge in [0.15, 0.2) is 0 Å². The standard InChI is InChI=1S/C22H22NO4.3CH3.Sn/c1-3-26-22(2)17(14-18(22)24)23-19(15-10-6-4-7-11-15)20(27-21(23)25)16-12-8-5-9-13-16;;;;/h4-13,19-20H,3,14H2,1-2H3;3*1H3;. The SMILES string of the molecule is CCOC1(C)C(=O)C[C]1(N1C(=O)OC(c2ccccc2)C1c1ccccc1)[Sn]([CH3])([CH3])[CH3]. The van der Waals surface area contributed by atoms with Crippen LogP contribution in [0, 0.1) is 0 Å². The Labute approximate surface area is 188 Å². The average molecular weight is 528 g/mol. The minimum atomic E-state index is -3.06. The summed E-state index contributed by atoms with van der Waals surface area (Å²) in [5.74, 6) is 0.0729. The second-order valence-electron chi connectivity index (χ2n) is 9.62. The number of rotatable bonds is 6. The number of hydrogen-bond acceptors (Lipinski definition) is 4. The van der Waals surface area contributed by atoms with Crippen molar-refractivity contribution < 1.29 is 19.1 Å². The van der Waals surface area contributed by atoms with E-state index in [1.54, 1.807) is 0 Å². The number of benzene rings is 2. The molecule has 0 aromatic heterocycles. The van der Waals surface area contributed by atoms with Crippen molar-refractivity contribution in [1.29, 1.82) is 0 Å². The topological polar surface area (TPSA) is 55.8 Å². The van der Waals surface area contributed by atoms with Gasteiger partial charge in [0.05, 0.1) is 0 Å². The van der Waals surface area contributed by atoms with Crippen LogP contribution in [0.4, 0.5) is 4.79 Å². The van der Waals surface area contributed by atoms with E-state index >= 15 is 0 Å². The molecule has 2 aromatic rings. The van der Waals surface area contributed by atoms with Crippen molar-refractivity contribution in [3.05, 3.63) is 71.8 Å². The van der Waals surface area contributed by atoms with E-state index in [1.807, 2.05) is 79.4 Å². The van der Waals surface area contributed by atoms with Gasteiger partial charge in [0.25, 0.3) is 0 Å². The monoisotopic (exact) mass is 529 g/mol. The summed E-state index contributed by atoms with van der Waals surface area (Å²) in [4.78, 5) is 35.3. The van der Waals surface area contributed by atoms with Crippen LogP contribution >= 0.6 is 0 Å². The summed E-state index contributed by atoms with van der Waals surface area (Å²) in [6, 6.07) is 19.6. The molecule has 31 heavy (non-hydrogen) atoms. The second kappa shape index (κ2) is 7.92. The summed E-state index contributed by atoms with van der Waals surface area (Å²) in [5.41, 5.74) is 0.957. The zero-order valence-corrected chi connectivity index (χ0v) is 21.8. The molecule has 0 radical (unpaired) electrons. The van der Waals surface area contributed by atoms with Gasteiger partial charge in [-0.05, 0) is 0 Å². The first-order valence-corrected chi connectivity index (χ1v) is 20.9. The Bertz CT molecular complexity index is 974. The Morgan fingerprint density at radius 2 is 1.55 bits per heavy atom. The number of carbonyl (C=O) groups is 2. The van der Waals surface area contributed by atoms with Crippen molar-refractivity contribution in [2.45, 2.75) is 56.4 Å². The van der Waals surface area contributed by atoms with E-state index in [-0.39, 0.29) is 17.9 Å². The molecule has 2 fully saturated rings. The molecule has 4 unspecified atom stereocenters. The molecule has 1 amide bonds. The van der Waals surface area contributed by atoms with Gasteiger partial charge in [-0.2, -0.15) is 0 Å². The van der Waals surface area contributed by atoms with Crippen molar-refractivity contribution in [2.24, 2.45) is 0 Å². The Kier molecular flexibility index (Phi) is 5.71. The Morgan fingerprint density at radius 3 is 2.03 bits per heavy atom. The number of ketones is 1. The van der Waals surface area contributed by atoms with Crippen LogP contribution < -0.4 is 0 Å². The van der Waals surface area contributed by atoms with Crippen molar-refractivity contribution in [2.75, 3.05) is 6.61 Å². The third-order valence-corrected chi connectivity index (χ3v) is 16.7. The maximum atomic E-state index is 13.6. The van der Waals surface area contributed by atoms with E-state index in [2.05, 4.69) is 14.8 Å². The van der Waals surface area contributed by atoms with Crippen molar-refractivity contribution >= 4 is 30.3 Å². The Morgan fingerprint density at radius 1 is 1.00 bits per heavy atom. The van der Waals surface area contributed by atoms with Gasteiger partial charge in [-0.1, -0.05) is 0 Å². The fraction of sp³-hybridized carbons (Fsp3) is 0.440. The first-order valence-electron chi connectivity index (χ1n) is 10.9. The van der Waals surface area contributed by atoms with Crippen LogP contribution in [0.5, 0.6) is 0 Å². The molecular formula is C25H31NO4Sn. The third kappa shape index (κ3) is 3.23. The molecule has 0 bridgehead atoms. The molecule has 4 atom stereocenters. The summed E-state index contributed by atoms with van der Waals surface area (Å²) < 4.78 is 11.6. The van der Waals surface area contributed by atoms with Crippen LogP contribution in [0.15, 0.2) is 60.7 Å². The van der Waals surface area contributed by atoms with Crippen molar-refractivity contribution in [3.63, 3.8) is 0 Å². The van der Waals surface area contributed by atoms with E-state index in [4.69, 9.17) is 9.47 Å². The fourth-order valence-corrected chi connectivity index (χ4v) is 15.0. The number of carbonyl (C=O) groups excluding carboxylic acids is 2. The van der Waals surface area contributed by atoms with E-state index in [0.717, 1.165) is 11.1 Å². The summed E-state index contributed by atoms with van der Waals surface area (Å²) >= 11 is -3.06. The maximum absolute atomic E-state index is 13.6. The van der Waals surface area contributed by atoms with Gasteiger partial charge in [0.2, 0.25) is 0 Å². The van der Waals surface area contributed by atoms with Crippen LogP contribution in [0.3, 0.4) is 0 Å². The first-order chi connectivity index (χ1) is 14.7. The number of ether oxygens (including phenoxy) is 2. The zero-order valence-electron chi connectivity index (χ0n) is 18.9. The number of Topliss-reactive ketones (excluding diaryl/α,β-unsaturated/α-hetero) is 1. The minimum absolute atomic E-state index is 0.0729. The van der Waals surface area contributed by atoms with Crippen LogP contribution in [0.25, 0.3) is 0 Å². The van der Waals surface area contributed by atoms with Gasteiger partial charge < -0.3 is 0 Å². The summed E-state index contributed by atoms with van der Waals surface area (Å²) in [5, 5.41) is 0. The van der Waals surface area contributed by atoms with Crippen molar-refractivity contribution in [1.82, 2.24) is 4.90 Å². The fourth-order valence-electron chi connectivity index (χ4n) is 5.58. The van der Waals surface area contributed by atoms with Crippen LogP contribution in [0.2, 0.25) is 14.8 Å². The first kappa shape index (κ1) is 22.3. The van der Waals surface area contributed by atoms with E-state index < -0.39 is 33.6 Å². The molecule has 1 saturated heterocycles. The zero-order chi connectivity index (χ0) is 22.4. The van der Waals surface area contributed by atoms with Gasteiger partial charge in [0, 0.05) is 0 Å². The molecule has 1 aliphatic heterocycles. The van der Waals surface area contributed by atoms with Crippen LogP contribution in [-0.4, -0.2) is 50.9 Å². The summed E-state index contributed by atoms with van der Waals surface area (Å²) in [7, 11) is 0. The van der Waals surface area contributed by atoms with Crippen LogP contribution in [-0.2, 0) is 14.3 Å². The van der Waals surface area contributed by atoms with Gasteiger partial charge in [-0.25, -0.2) is 0 Å². The molecule has 1 heterocycles. The van der Waals surface area contributed by atoms with Gasteiger partial charge in [-0.3, -0.25) is 0 Å². The number of nitrogens with zero attached hydrogens (tertiary/aromatic N) is 1. The van der Waals surface area contributed by atoms with Crippen molar-refractivity contribution in [3.8, 4) is 0 Å². The molecule has 164 valence electrons. The Balaban J connectivity index is 1.92. The number of cyclic esters (lactones) is 1. The molecule has 4 rings (SSSR count). The number of amides is 1. The van der Waals surface area contributed by atoms with E-state index in [1.165, 1.54) is 0 Å². The third-order valence-electron chi connectivity index (χ3n) is 7.08.